The number of ether oxygens (including phenoxy) is 1. The molecule has 4 aromatic rings. The van der Waals surface area contributed by atoms with E-state index < -0.39 is 23.5 Å². The van der Waals surface area contributed by atoms with Crippen LogP contribution in [0, 0.1) is 0 Å². The molecule has 43 heavy (non-hydrogen) atoms. The molecule has 2 aliphatic carbocycles. The number of nitrogens with one attached hydrogen (secondary N) is 1. The molecule has 3 aliphatic rings. The number of hydrogen-bond donors (Lipinski definition) is 2. The highest BCUT2D eigenvalue weighted by molar-refractivity contribution is 6.42. The predicted molar refractivity (Wildman–Crippen MR) is 165 cm³/mol. The van der Waals surface area contributed by atoms with Crippen molar-refractivity contribution in [3.63, 3.8) is 0 Å². The summed E-state index contributed by atoms with van der Waals surface area (Å²) < 4.78 is 7.93. The fourth-order valence-corrected chi connectivity index (χ4v) is 6.23. The largest absolute Gasteiger partial charge is 0.489 e. The van der Waals surface area contributed by atoms with E-state index in [0.717, 1.165) is 47.7 Å². The molecule has 7 rings (SSSR count). The Balaban J connectivity index is 1.07. The smallest absolute Gasteiger partial charge is 0.292 e. The Morgan fingerprint density at radius 3 is 2.40 bits per heavy atom. The summed E-state index contributed by atoms with van der Waals surface area (Å²) >= 11 is 6.56. The Hall–Kier alpha value is -3.72. The fourth-order valence-electron chi connectivity index (χ4n) is 6.00. The molecular formula is C34H35ClN4O4. The average Bonchev–Trinajstić information content (AvgIpc) is 3.94. The minimum atomic E-state index is -1.55. The molecule has 9 heteroatoms. The summed E-state index contributed by atoms with van der Waals surface area (Å²) in [7, 11) is 0. The van der Waals surface area contributed by atoms with Gasteiger partial charge >= 0.3 is 0 Å². The van der Waals surface area contributed by atoms with Crippen molar-refractivity contribution in [2.45, 2.75) is 69.4 Å². The lowest BCUT2D eigenvalue weighted by atomic mass is 9.93. The number of Topliss-reactive ketones (excluding diaryl/α,β-unsaturated/α-hetero) is 1. The predicted octanol–water partition coefficient (Wildman–Crippen LogP) is 5.86. The van der Waals surface area contributed by atoms with Crippen LogP contribution in [0.4, 0.5) is 0 Å². The van der Waals surface area contributed by atoms with E-state index in [9.17, 15) is 14.7 Å². The molecule has 0 bridgehead atoms. The van der Waals surface area contributed by atoms with Crippen LogP contribution in [0.1, 0.15) is 67.4 Å². The van der Waals surface area contributed by atoms with E-state index >= 15 is 0 Å². The number of nitrogens with zero attached hydrogens (tertiary/aromatic N) is 3. The van der Waals surface area contributed by atoms with E-state index in [2.05, 4.69) is 23.6 Å². The summed E-state index contributed by atoms with van der Waals surface area (Å²) in [6, 6.07) is 18.2. The number of ketones is 1. The van der Waals surface area contributed by atoms with Gasteiger partial charge in [-0.3, -0.25) is 19.2 Å². The van der Waals surface area contributed by atoms with Crippen molar-refractivity contribution in [2.24, 2.45) is 0 Å². The molecule has 2 atom stereocenters. The molecule has 2 saturated carbocycles. The van der Waals surface area contributed by atoms with Crippen molar-refractivity contribution >= 4 is 34.2 Å². The first kappa shape index (κ1) is 28.1. The molecule has 3 aromatic carbocycles. The monoisotopic (exact) mass is 598 g/mol. The second-order valence-electron chi connectivity index (χ2n) is 12.1. The lowest BCUT2D eigenvalue weighted by Gasteiger charge is -2.42. The third-order valence-corrected chi connectivity index (χ3v) is 9.14. The van der Waals surface area contributed by atoms with Crippen LogP contribution in [0.3, 0.4) is 0 Å². The molecule has 1 amide bonds. The molecule has 2 heterocycles. The first-order valence-electron chi connectivity index (χ1n) is 15.2. The number of halogens is 1. The zero-order valence-electron chi connectivity index (χ0n) is 24.1. The first-order valence-corrected chi connectivity index (χ1v) is 15.6. The lowest BCUT2D eigenvalue weighted by molar-refractivity contribution is -0.139. The van der Waals surface area contributed by atoms with E-state index in [-0.39, 0.29) is 11.7 Å². The molecular weight excluding hydrogens is 564 g/mol. The number of likely N-dealkylation sites (tertiary alicyclic amines) is 1. The summed E-state index contributed by atoms with van der Waals surface area (Å²) in [5, 5.41) is 21.2. The Morgan fingerprint density at radius 1 is 1.00 bits per heavy atom. The highest BCUT2D eigenvalue weighted by Crippen LogP contribution is 2.39. The van der Waals surface area contributed by atoms with E-state index in [0.29, 0.717) is 35.5 Å². The number of aromatic nitrogens is 2. The van der Waals surface area contributed by atoms with Crippen molar-refractivity contribution in [1.82, 2.24) is 20.0 Å². The highest BCUT2D eigenvalue weighted by Gasteiger charge is 2.44. The van der Waals surface area contributed by atoms with E-state index in [1.165, 1.54) is 12.8 Å². The Morgan fingerprint density at radius 2 is 1.72 bits per heavy atom. The molecule has 0 spiro atoms. The van der Waals surface area contributed by atoms with Crippen LogP contribution >= 0.6 is 11.6 Å². The maximum atomic E-state index is 13.2. The highest BCUT2D eigenvalue weighted by atomic mass is 35.5. The van der Waals surface area contributed by atoms with Gasteiger partial charge in [-0.15, -0.1) is 0 Å². The topological polar surface area (TPSA) is 96.7 Å². The quantitative estimate of drug-likeness (QED) is 0.175. The van der Waals surface area contributed by atoms with Gasteiger partial charge in [0.2, 0.25) is 5.78 Å². The van der Waals surface area contributed by atoms with Crippen molar-refractivity contribution < 1.29 is 19.4 Å². The van der Waals surface area contributed by atoms with Gasteiger partial charge in [0.05, 0.1) is 28.7 Å². The summed E-state index contributed by atoms with van der Waals surface area (Å²) in [5.41, 5.74) is 2.14. The number of carbonyl (C=O) groups excluding carboxylic acids is 2. The Labute approximate surface area is 255 Å². The number of aliphatic hydroxyl groups is 1. The number of hydrogen-bond acceptors (Lipinski definition) is 6. The minimum absolute atomic E-state index is 0.194. The lowest BCUT2D eigenvalue weighted by Crippen LogP contribution is -2.59. The number of fused-ring (bicyclic) bond motifs is 1. The minimum Gasteiger partial charge on any atom is -0.489 e. The van der Waals surface area contributed by atoms with Crippen molar-refractivity contribution in [3.05, 3.63) is 83.0 Å². The third kappa shape index (κ3) is 5.55. The van der Waals surface area contributed by atoms with Gasteiger partial charge in [-0.25, -0.2) is 0 Å². The van der Waals surface area contributed by atoms with Crippen LogP contribution in [0.15, 0.2) is 66.9 Å². The maximum absolute atomic E-state index is 13.2. The number of amides is 1. The molecule has 8 nitrogen and oxygen atoms in total. The first-order chi connectivity index (χ1) is 20.8. The SMILES string of the molecule is C[C@@H](NC(=O)C(=O)c1ccc(-c2ccc3cn(C4CC4)nc3c2)cc1)[C@](O)(c1ccc(OC2CC2)c(Cl)c1)N1CCCC1. The summed E-state index contributed by atoms with van der Waals surface area (Å²) in [6.07, 6.45) is 8.53. The Bertz CT molecular complexity index is 1690. The van der Waals surface area contributed by atoms with Crippen LogP contribution in [-0.4, -0.2) is 56.7 Å². The average molecular weight is 599 g/mol. The van der Waals surface area contributed by atoms with Gasteiger partial charge < -0.3 is 15.2 Å². The van der Waals surface area contributed by atoms with Crippen molar-refractivity contribution in [1.29, 1.82) is 0 Å². The van der Waals surface area contributed by atoms with Gasteiger partial charge in [-0.1, -0.05) is 54.1 Å². The van der Waals surface area contributed by atoms with E-state index in [4.69, 9.17) is 21.4 Å². The van der Waals surface area contributed by atoms with Gasteiger partial charge in [-0.2, -0.15) is 5.10 Å². The summed E-state index contributed by atoms with van der Waals surface area (Å²) in [4.78, 5) is 28.4. The van der Waals surface area contributed by atoms with E-state index in [1.54, 1.807) is 37.3 Å². The molecule has 1 aliphatic heterocycles. The summed E-state index contributed by atoms with van der Waals surface area (Å²) in [6.45, 7) is 3.04. The van der Waals surface area contributed by atoms with Crippen molar-refractivity contribution in [2.75, 3.05) is 13.1 Å². The molecule has 2 N–H and O–H groups in total. The number of carbonyl (C=O) groups is 2. The zero-order valence-corrected chi connectivity index (χ0v) is 24.9. The number of benzene rings is 3. The van der Waals surface area contributed by atoms with Crippen LogP contribution in [0.2, 0.25) is 5.02 Å². The van der Waals surface area contributed by atoms with Crippen LogP contribution in [0.5, 0.6) is 5.75 Å². The standard InChI is InChI=1S/C34H35ClN4O4/c1-21(34(42,38-16-2-3-17-38)26-10-15-31(29(35)19-26)43-28-13-14-28)36-33(41)32(40)23-6-4-22(5-7-23)24-8-9-25-20-39(27-11-12-27)37-30(25)18-24/h4-10,15,18-21,27-28,42H,2-3,11-14,16-17H2,1H3,(H,36,41)/t21-,34+/m1/s1. The van der Waals surface area contributed by atoms with Gasteiger partial charge in [0.25, 0.3) is 5.91 Å². The normalized spacial score (nSPS) is 19.2. The number of rotatable bonds is 10. The third-order valence-electron chi connectivity index (χ3n) is 8.85. The van der Waals surface area contributed by atoms with Crippen LogP contribution in [-0.2, 0) is 10.5 Å². The molecule has 222 valence electrons. The molecule has 3 fully saturated rings. The second kappa shape index (κ2) is 11.1. The van der Waals surface area contributed by atoms with Crippen molar-refractivity contribution in [3.8, 4) is 16.9 Å². The van der Waals surface area contributed by atoms with E-state index in [1.807, 2.05) is 27.8 Å². The molecule has 1 aromatic heterocycles. The zero-order chi connectivity index (χ0) is 29.7. The maximum Gasteiger partial charge on any atom is 0.292 e. The Kier molecular flexibility index (Phi) is 7.24. The fraction of sp³-hybridized carbons (Fsp3) is 0.382. The van der Waals surface area contributed by atoms with Gasteiger partial charge in [0.15, 0.2) is 5.72 Å². The van der Waals surface area contributed by atoms with Gasteiger partial charge in [0.1, 0.15) is 5.75 Å². The second-order valence-corrected chi connectivity index (χ2v) is 12.5. The molecule has 0 unspecified atom stereocenters. The van der Waals surface area contributed by atoms with Crippen LogP contribution in [0.25, 0.3) is 22.0 Å². The molecule has 0 radical (unpaired) electrons. The van der Waals surface area contributed by atoms with Gasteiger partial charge in [0, 0.05) is 35.8 Å². The van der Waals surface area contributed by atoms with Crippen LogP contribution < -0.4 is 10.1 Å². The van der Waals surface area contributed by atoms with Gasteiger partial charge in [-0.05, 0) is 74.8 Å². The summed E-state index contributed by atoms with van der Waals surface area (Å²) in [5.74, 6) is -0.850. The molecule has 1 saturated heterocycles.